The fourth-order valence-electron chi connectivity index (χ4n) is 2.10. The van der Waals surface area contributed by atoms with Crippen LogP contribution in [-0.2, 0) is 15.1 Å². The SMILES string of the molecule is CC(C)C(=O)Nc1ccc(NC(=O)C(C)(N)c2ccccc2)cc1. The Balaban J connectivity index is 2.05. The Morgan fingerprint density at radius 3 is 1.92 bits per heavy atom. The average Bonchev–Trinajstić information content (AvgIpc) is 2.57. The van der Waals surface area contributed by atoms with E-state index in [1.54, 1.807) is 31.2 Å². The van der Waals surface area contributed by atoms with Crippen molar-refractivity contribution in [2.75, 3.05) is 10.6 Å². The molecule has 0 saturated heterocycles. The van der Waals surface area contributed by atoms with Crippen molar-refractivity contribution in [3.05, 3.63) is 60.2 Å². The molecule has 24 heavy (non-hydrogen) atoms. The maximum atomic E-state index is 12.5. The van der Waals surface area contributed by atoms with Crippen LogP contribution < -0.4 is 16.4 Å². The first-order valence-corrected chi connectivity index (χ1v) is 7.87. The minimum absolute atomic E-state index is 0.0506. The number of nitrogens with two attached hydrogens (primary N) is 1. The van der Waals surface area contributed by atoms with Crippen molar-refractivity contribution in [2.24, 2.45) is 11.7 Å². The van der Waals surface area contributed by atoms with Gasteiger partial charge in [0.25, 0.3) is 0 Å². The van der Waals surface area contributed by atoms with Crippen molar-refractivity contribution in [2.45, 2.75) is 26.3 Å². The van der Waals surface area contributed by atoms with Crippen LogP contribution in [0.5, 0.6) is 0 Å². The van der Waals surface area contributed by atoms with Gasteiger partial charge < -0.3 is 16.4 Å². The van der Waals surface area contributed by atoms with Crippen molar-refractivity contribution >= 4 is 23.2 Å². The summed E-state index contributed by atoms with van der Waals surface area (Å²) in [6.45, 7) is 5.33. The van der Waals surface area contributed by atoms with E-state index in [2.05, 4.69) is 10.6 Å². The lowest BCUT2D eigenvalue weighted by molar-refractivity contribution is -0.121. The van der Waals surface area contributed by atoms with E-state index in [4.69, 9.17) is 5.73 Å². The second-order valence-corrected chi connectivity index (χ2v) is 6.24. The zero-order chi connectivity index (χ0) is 17.7. The van der Waals surface area contributed by atoms with Gasteiger partial charge in [-0.1, -0.05) is 44.2 Å². The Morgan fingerprint density at radius 2 is 1.42 bits per heavy atom. The van der Waals surface area contributed by atoms with Gasteiger partial charge in [0.2, 0.25) is 11.8 Å². The molecule has 1 unspecified atom stereocenters. The summed E-state index contributed by atoms with van der Waals surface area (Å²) < 4.78 is 0. The number of hydrogen-bond donors (Lipinski definition) is 3. The molecule has 0 heterocycles. The van der Waals surface area contributed by atoms with Gasteiger partial charge in [0, 0.05) is 17.3 Å². The Kier molecular flexibility index (Phi) is 5.36. The van der Waals surface area contributed by atoms with Gasteiger partial charge >= 0.3 is 0 Å². The van der Waals surface area contributed by atoms with Gasteiger partial charge in [0.15, 0.2) is 0 Å². The molecule has 0 fully saturated rings. The van der Waals surface area contributed by atoms with Crippen molar-refractivity contribution in [1.29, 1.82) is 0 Å². The van der Waals surface area contributed by atoms with Gasteiger partial charge in [-0.3, -0.25) is 9.59 Å². The smallest absolute Gasteiger partial charge is 0.248 e. The Bertz CT molecular complexity index is 707. The molecule has 5 heteroatoms. The molecule has 0 aliphatic rings. The van der Waals surface area contributed by atoms with Crippen LogP contribution in [0, 0.1) is 5.92 Å². The molecule has 0 bridgehead atoms. The van der Waals surface area contributed by atoms with Crippen molar-refractivity contribution < 1.29 is 9.59 Å². The predicted molar refractivity (Wildman–Crippen MR) is 96.5 cm³/mol. The second-order valence-electron chi connectivity index (χ2n) is 6.24. The van der Waals surface area contributed by atoms with E-state index in [-0.39, 0.29) is 17.7 Å². The first kappa shape index (κ1) is 17.7. The largest absolute Gasteiger partial charge is 0.326 e. The molecular weight excluding hydrogens is 302 g/mol. The van der Waals surface area contributed by atoms with Gasteiger partial charge in [0.1, 0.15) is 5.54 Å². The highest BCUT2D eigenvalue weighted by Gasteiger charge is 2.30. The normalized spacial score (nSPS) is 13.2. The number of hydrogen-bond acceptors (Lipinski definition) is 3. The van der Waals surface area contributed by atoms with Crippen LogP contribution in [0.4, 0.5) is 11.4 Å². The fraction of sp³-hybridized carbons (Fsp3) is 0.263. The number of carbonyl (C=O) groups excluding carboxylic acids is 2. The monoisotopic (exact) mass is 325 g/mol. The molecule has 0 aromatic heterocycles. The molecule has 1 atom stereocenters. The first-order valence-electron chi connectivity index (χ1n) is 7.87. The van der Waals surface area contributed by atoms with Gasteiger partial charge in [-0.05, 0) is 36.8 Å². The molecule has 0 radical (unpaired) electrons. The van der Waals surface area contributed by atoms with Crippen LogP contribution in [-0.4, -0.2) is 11.8 Å². The van der Waals surface area contributed by atoms with E-state index < -0.39 is 5.54 Å². The van der Waals surface area contributed by atoms with Crippen LogP contribution in [0.2, 0.25) is 0 Å². The zero-order valence-corrected chi connectivity index (χ0v) is 14.2. The third-order valence-electron chi connectivity index (χ3n) is 3.78. The summed E-state index contributed by atoms with van der Waals surface area (Å²) in [5.41, 5.74) is 7.10. The van der Waals surface area contributed by atoms with Gasteiger partial charge in [-0.25, -0.2) is 0 Å². The van der Waals surface area contributed by atoms with E-state index in [9.17, 15) is 9.59 Å². The van der Waals surface area contributed by atoms with Gasteiger partial charge in [-0.15, -0.1) is 0 Å². The molecule has 5 nitrogen and oxygen atoms in total. The highest BCUT2D eigenvalue weighted by molar-refractivity contribution is 5.98. The summed E-state index contributed by atoms with van der Waals surface area (Å²) in [6, 6.07) is 16.2. The summed E-state index contributed by atoms with van der Waals surface area (Å²) in [4.78, 5) is 24.1. The fourth-order valence-corrected chi connectivity index (χ4v) is 2.10. The standard InChI is InChI=1S/C19H23N3O2/c1-13(2)17(23)21-15-9-11-16(12-10-15)22-18(24)19(3,20)14-7-5-4-6-8-14/h4-13H,20H2,1-3H3,(H,21,23)(H,22,24). The molecule has 4 N–H and O–H groups in total. The summed E-state index contributed by atoms with van der Waals surface area (Å²) in [6.07, 6.45) is 0. The number of amides is 2. The van der Waals surface area contributed by atoms with Crippen molar-refractivity contribution in [3.63, 3.8) is 0 Å². The lowest BCUT2D eigenvalue weighted by Crippen LogP contribution is -2.45. The molecule has 0 aliphatic carbocycles. The van der Waals surface area contributed by atoms with Crippen LogP contribution in [0.1, 0.15) is 26.3 Å². The lowest BCUT2D eigenvalue weighted by Gasteiger charge is -2.24. The second kappa shape index (κ2) is 7.27. The average molecular weight is 325 g/mol. The third-order valence-corrected chi connectivity index (χ3v) is 3.78. The maximum absolute atomic E-state index is 12.5. The molecule has 2 rings (SSSR count). The minimum Gasteiger partial charge on any atom is -0.326 e. The van der Waals surface area contributed by atoms with E-state index in [0.29, 0.717) is 11.4 Å². The van der Waals surface area contributed by atoms with Crippen molar-refractivity contribution in [3.8, 4) is 0 Å². The molecule has 0 aliphatic heterocycles. The van der Waals surface area contributed by atoms with Crippen LogP contribution >= 0.6 is 0 Å². The number of anilines is 2. The van der Waals surface area contributed by atoms with Crippen LogP contribution in [0.15, 0.2) is 54.6 Å². The van der Waals surface area contributed by atoms with Crippen LogP contribution in [0.25, 0.3) is 0 Å². The van der Waals surface area contributed by atoms with E-state index in [1.807, 2.05) is 44.2 Å². The quantitative estimate of drug-likeness (QED) is 0.790. The Hall–Kier alpha value is -2.66. The van der Waals surface area contributed by atoms with Gasteiger partial charge in [0.05, 0.1) is 0 Å². The van der Waals surface area contributed by atoms with E-state index in [0.717, 1.165) is 5.56 Å². The van der Waals surface area contributed by atoms with E-state index >= 15 is 0 Å². The molecule has 2 aromatic carbocycles. The summed E-state index contributed by atoms with van der Waals surface area (Å²) in [7, 11) is 0. The summed E-state index contributed by atoms with van der Waals surface area (Å²) in [5.74, 6) is -0.439. The Morgan fingerprint density at radius 1 is 0.917 bits per heavy atom. The first-order chi connectivity index (χ1) is 11.3. The minimum atomic E-state index is -1.13. The molecule has 2 amide bonds. The summed E-state index contributed by atoms with van der Waals surface area (Å²) in [5, 5.41) is 5.61. The van der Waals surface area contributed by atoms with Crippen LogP contribution in [0.3, 0.4) is 0 Å². The van der Waals surface area contributed by atoms with Gasteiger partial charge in [-0.2, -0.15) is 0 Å². The highest BCUT2D eigenvalue weighted by atomic mass is 16.2. The lowest BCUT2D eigenvalue weighted by atomic mass is 9.92. The highest BCUT2D eigenvalue weighted by Crippen LogP contribution is 2.21. The topological polar surface area (TPSA) is 84.2 Å². The number of nitrogens with one attached hydrogen (secondary N) is 2. The molecule has 0 spiro atoms. The summed E-state index contributed by atoms with van der Waals surface area (Å²) >= 11 is 0. The van der Waals surface area contributed by atoms with E-state index in [1.165, 1.54) is 0 Å². The molecule has 0 saturated carbocycles. The Labute approximate surface area is 142 Å². The maximum Gasteiger partial charge on any atom is 0.248 e. The predicted octanol–water partition coefficient (Wildman–Crippen LogP) is 3.09. The number of rotatable bonds is 5. The molecule has 2 aromatic rings. The van der Waals surface area contributed by atoms with Crippen molar-refractivity contribution in [1.82, 2.24) is 0 Å². The molecular formula is C19H23N3O2. The third kappa shape index (κ3) is 4.20. The molecule has 126 valence electrons. The zero-order valence-electron chi connectivity index (χ0n) is 14.2. The number of carbonyl (C=O) groups is 2. The number of benzene rings is 2.